The van der Waals surface area contributed by atoms with Crippen molar-refractivity contribution < 1.29 is 14.6 Å². The van der Waals surface area contributed by atoms with Crippen molar-refractivity contribution in [3.05, 3.63) is 65.7 Å². The fourth-order valence-corrected chi connectivity index (χ4v) is 2.14. The fourth-order valence-electron chi connectivity index (χ4n) is 2.14. The molecule has 4 heteroatoms. The smallest absolute Gasteiger partial charge is 0.328 e. The normalized spacial score (nSPS) is 11.7. The second-order valence-electron chi connectivity index (χ2n) is 4.95. The first-order valence-electron chi connectivity index (χ1n) is 7.37. The molecule has 1 N–H and O–H groups in total. The molecule has 2 aromatic rings. The molecule has 0 bridgehead atoms. The average molecular weight is 309 g/mol. The van der Waals surface area contributed by atoms with E-state index in [0.717, 1.165) is 16.8 Å². The minimum Gasteiger partial charge on any atom is -0.493 e. The van der Waals surface area contributed by atoms with Crippen LogP contribution in [0.2, 0.25) is 0 Å². The number of carbonyl (C=O) groups is 1. The van der Waals surface area contributed by atoms with Gasteiger partial charge in [-0.25, -0.2) is 4.79 Å². The highest BCUT2D eigenvalue weighted by molar-refractivity contribution is 5.90. The number of benzene rings is 2. The molecule has 0 radical (unpaired) electrons. The number of carboxylic acid groups (broad SMARTS) is 1. The molecule has 0 unspecified atom stereocenters. The van der Waals surface area contributed by atoms with Gasteiger partial charge in [0.05, 0.1) is 12.3 Å². The number of allylic oxidation sites excluding steroid dienone is 1. The Labute approximate surface area is 135 Å². The van der Waals surface area contributed by atoms with Crippen LogP contribution in [0.25, 0.3) is 5.57 Å². The predicted octanol–water partition coefficient (Wildman–Crippen LogP) is 4.32. The lowest BCUT2D eigenvalue weighted by Gasteiger charge is -2.11. The van der Waals surface area contributed by atoms with Crippen LogP contribution in [-0.2, 0) is 4.79 Å². The maximum Gasteiger partial charge on any atom is 0.328 e. The van der Waals surface area contributed by atoms with Crippen LogP contribution in [0.3, 0.4) is 0 Å². The molecule has 2 rings (SSSR count). The van der Waals surface area contributed by atoms with Crippen molar-refractivity contribution in [2.24, 2.45) is 4.99 Å². The number of hydrogen-bond donors (Lipinski definition) is 1. The lowest BCUT2D eigenvalue weighted by Crippen LogP contribution is -1.97. The van der Waals surface area contributed by atoms with Gasteiger partial charge in [0.1, 0.15) is 5.75 Å². The predicted molar refractivity (Wildman–Crippen MR) is 92.6 cm³/mol. The fraction of sp³-hybridized carbons (Fsp3) is 0.158. The van der Waals surface area contributed by atoms with Crippen LogP contribution < -0.4 is 4.74 Å². The molecule has 118 valence electrons. The first-order chi connectivity index (χ1) is 11.1. The van der Waals surface area contributed by atoms with Gasteiger partial charge in [-0.2, -0.15) is 0 Å². The minimum atomic E-state index is -0.976. The number of aliphatic imine (C=N–C) groups is 1. The molecule has 0 aliphatic rings. The van der Waals surface area contributed by atoms with Crippen molar-refractivity contribution in [2.45, 2.75) is 13.8 Å². The zero-order valence-electron chi connectivity index (χ0n) is 13.2. The monoisotopic (exact) mass is 309 g/mol. The molecule has 0 atom stereocenters. The molecule has 0 aliphatic heterocycles. The number of ether oxygens (including phenoxy) is 1. The van der Waals surface area contributed by atoms with E-state index in [4.69, 9.17) is 9.84 Å². The highest BCUT2D eigenvalue weighted by Crippen LogP contribution is 2.30. The largest absolute Gasteiger partial charge is 0.493 e. The molecule has 0 heterocycles. The van der Waals surface area contributed by atoms with Crippen LogP contribution in [-0.4, -0.2) is 23.9 Å². The highest BCUT2D eigenvalue weighted by Gasteiger charge is 2.08. The Morgan fingerprint density at radius 3 is 2.61 bits per heavy atom. The van der Waals surface area contributed by atoms with Crippen LogP contribution in [0.5, 0.6) is 5.75 Å². The van der Waals surface area contributed by atoms with Crippen molar-refractivity contribution in [3.8, 4) is 5.75 Å². The number of aliphatic carboxylic acids is 1. The van der Waals surface area contributed by atoms with Gasteiger partial charge in [-0.15, -0.1) is 0 Å². The Kier molecular flexibility index (Phi) is 5.69. The molecule has 23 heavy (non-hydrogen) atoms. The van der Waals surface area contributed by atoms with E-state index < -0.39 is 5.97 Å². The zero-order chi connectivity index (χ0) is 16.7. The molecule has 0 amide bonds. The topological polar surface area (TPSA) is 58.9 Å². The summed E-state index contributed by atoms with van der Waals surface area (Å²) in [5.41, 5.74) is 3.16. The molecule has 0 aliphatic carbocycles. The first-order valence-corrected chi connectivity index (χ1v) is 7.37. The first kappa shape index (κ1) is 16.5. The summed E-state index contributed by atoms with van der Waals surface area (Å²) >= 11 is 0. The lowest BCUT2D eigenvalue weighted by atomic mass is 10.1. The van der Waals surface area contributed by atoms with Gasteiger partial charge in [-0.3, -0.25) is 4.99 Å². The van der Waals surface area contributed by atoms with Crippen LogP contribution in [0, 0.1) is 0 Å². The molecule has 4 nitrogen and oxygen atoms in total. The Morgan fingerprint density at radius 1 is 1.22 bits per heavy atom. The van der Waals surface area contributed by atoms with Crippen LogP contribution in [0.1, 0.15) is 25.0 Å². The summed E-state index contributed by atoms with van der Waals surface area (Å²) in [7, 11) is 0. The van der Waals surface area contributed by atoms with Gasteiger partial charge >= 0.3 is 5.97 Å². The number of hydrogen-bond acceptors (Lipinski definition) is 3. The van der Waals surface area contributed by atoms with Crippen LogP contribution in [0.4, 0.5) is 5.69 Å². The summed E-state index contributed by atoms with van der Waals surface area (Å²) in [6, 6.07) is 15.3. The third-order valence-electron chi connectivity index (χ3n) is 3.19. The van der Waals surface area contributed by atoms with Gasteiger partial charge in [-0.1, -0.05) is 30.3 Å². The Hall–Kier alpha value is -2.88. The number of carboxylic acids is 1. The maximum atomic E-state index is 10.8. The SMILES string of the molecule is CCOc1cc(N=Cc2ccccc2)ccc1C(C)=CC(=O)O. The van der Waals surface area contributed by atoms with Gasteiger partial charge < -0.3 is 9.84 Å². The van der Waals surface area contributed by atoms with E-state index in [1.165, 1.54) is 6.08 Å². The summed E-state index contributed by atoms with van der Waals surface area (Å²) in [5, 5.41) is 8.89. The van der Waals surface area contributed by atoms with E-state index >= 15 is 0 Å². The highest BCUT2D eigenvalue weighted by atomic mass is 16.5. The average Bonchev–Trinajstić information content (AvgIpc) is 2.53. The van der Waals surface area contributed by atoms with Gasteiger partial charge in [0.2, 0.25) is 0 Å². The second-order valence-corrected chi connectivity index (χ2v) is 4.95. The summed E-state index contributed by atoms with van der Waals surface area (Å²) in [6.07, 6.45) is 2.95. The number of rotatable bonds is 6. The molecule has 0 spiro atoms. The molecular weight excluding hydrogens is 290 g/mol. The molecule has 2 aromatic carbocycles. The molecule has 0 saturated carbocycles. The summed E-state index contributed by atoms with van der Waals surface area (Å²) < 4.78 is 5.62. The number of nitrogens with zero attached hydrogens (tertiary/aromatic N) is 1. The van der Waals surface area contributed by atoms with Crippen molar-refractivity contribution >= 4 is 23.4 Å². The van der Waals surface area contributed by atoms with E-state index in [0.29, 0.717) is 17.9 Å². The van der Waals surface area contributed by atoms with Crippen molar-refractivity contribution in [2.75, 3.05) is 6.61 Å². The van der Waals surface area contributed by atoms with Crippen molar-refractivity contribution in [1.82, 2.24) is 0 Å². The lowest BCUT2D eigenvalue weighted by molar-refractivity contribution is -0.131. The van der Waals surface area contributed by atoms with Gasteiger partial charge in [0, 0.05) is 23.9 Å². The zero-order valence-corrected chi connectivity index (χ0v) is 13.2. The summed E-state index contributed by atoms with van der Waals surface area (Å²) in [5.74, 6) is -0.346. The quantitative estimate of drug-likeness (QED) is 0.638. The Bertz CT molecular complexity index is 734. The van der Waals surface area contributed by atoms with Gasteiger partial charge in [0.25, 0.3) is 0 Å². The standard InChI is InChI=1S/C19H19NO3/c1-3-23-18-12-16(20-13-15-7-5-4-6-8-15)9-10-17(18)14(2)11-19(21)22/h4-13H,3H2,1-2H3,(H,21,22). The Morgan fingerprint density at radius 2 is 1.96 bits per heavy atom. The summed E-state index contributed by atoms with van der Waals surface area (Å²) in [4.78, 5) is 15.3. The van der Waals surface area contributed by atoms with E-state index in [9.17, 15) is 4.79 Å². The maximum absolute atomic E-state index is 10.8. The molecular formula is C19H19NO3. The van der Waals surface area contributed by atoms with E-state index in [2.05, 4.69) is 4.99 Å². The summed E-state index contributed by atoms with van der Waals surface area (Å²) in [6.45, 7) is 4.14. The Balaban J connectivity index is 2.32. The van der Waals surface area contributed by atoms with Crippen molar-refractivity contribution in [3.63, 3.8) is 0 Å². The van der Waals surface area contributed by atoms with Gasteiger partial charge in [-0.05, 0) is 37.1 Å². The molecule has 0 aromatic heterocycles. The third-order valence-corrected chi connectivity index (χ3v) is 3.19. The van der Waals surface area contributed by atoms with Crippen LogP contribution in [0.15, 0.2) is 59.6 Å². The van der Waals surface area contributed by atoms with E-state index in [1.807, 2.05) is 55.5 Å². The van der Waals surface area contributed by atoms with Crippen molar-refractivity contribution in [1.29, 1.82) is 0 Å². The third kappa shape index (κ3) is 4.81. The molecule has 0 saturated heterocycles. The van der Waals surface area contributed by atoms with E-state index in [1.54, 1.807) is 13.1 Å². The molecule has 0 fully saturated rings. The minimum absolute atomic E-state index is 0.499. The van der Waals surface area contributed by atoms with Gasteiger partial charge in [0.15, 0.2) is 0 Å². The van der Waals surface area contributed by atoms with E-state index in [-0.39, 0.29) is 0 Å². The second kappa shape index (κ2) is 7.94. The van der Waals surface area contributed by atoms with Crippen LogP contribution >= 0.6 is 0 Å².